The molecule has 0 aliphatic carbocycles. The Hall–Kier alpha value is -4.62. The van der Waals surface area contributed by atoms with Crippen LogP contribution in [0.5, 0.6) is 0 Å². The zero-order valence-corrected chi connectivity index (χ0v) is 20.5. The van der Waals surface area contributed by atoms with Gasteiger partial charge in [-0.1, -0.05) is 6.07 Å². The Bertz CT molecular complexity index is 1940. The van der Waals surface area contributed by atoms with Crippen molar-refractivity contribution < 1.29 is 17.2 Å². The zero-order chi connectivity index (χ0) is 26.4. The van der Waals surface area contributed by atoms with Crippen LogP contribution in [0.1, 0.15) is 5.56 Å². The van der Waals surface area contributed by atoms with Crippen LogP contribution in [0.2, 0.25) is 0 Å². The average Bonchev–Trinajstić information content (AvgIpc) is 3.52. The van der Waals surface area contributed by atoms with E-state index in [1.165, 1.54) is 24.5 Å². The fraction of sp³-hybridized carbons (Fsp3) is 0.0800. The van der Waals surface area contributed by atoms with Crippen LogP contribution in [-0.4, -0.2) is 49.8 Å². The molecule has 6 aromatic rings. The summed E-state index contributed by atoms with van der Waals surface area (Å²) in [5.74, 6) is -0.824. The maximum absolute atomic E-state index is 15.7. The van der Waals surface area contributed by atoms with Gasteiger partial charge in [-0.25, -0.2) is 31.9 Å². The van der Waals surface area contributed by atoms with Crippen LogP contribution in [0.3, 0.4) is 0 Å². The molecular weight excluding hydrogens is 514 g/mol. The molecule has 0 radical (unpaired) electrons. The molecule has 5 aromatic heterocycles. The molecule has 13 heteroatoms. The zero-order valence-electron chi connectivity index (χ0n) is 19.7. The van der Waals surface area contributed by atoms with E-state index in [1.54, 1.807) is 36.7 Å². The monoisotopic (exact) mass is 532 g/mol. The number of rotatable bonds is 6. The third-order valence-electron chi connectivity index (χ3n) is 5.89. The number of aromatic amines is 2. The van der Waals surface area contributed by atoms with Crippen LogP contribution in [0.4, 0.5) is 8.78 Å². The van der Waals surface area contributed by atoms with Gasteiger partial charge in [0.1, 0.15) is 22.8 Å². The first kappa shape index (κ1) is 23.8. The lowest BCUT2D eigenvalue weighted by Gasteiger charge is -2.07. The summed E-state index contributed by atoms with van der Waals surface area (Å²) < 4.78 is 55.5. The van der Waals surface area contributed by atoms with Crippen molar-refractivity contribution in [3.8, 4) is 33.9 Å². The van der Waals surface area contributed by atoms with Crippen molar-refractivity contribution in [3.63, 3.8) is 0 Å². The van der Waals surface area contributed by atoms with Gasteiger partial charge in [-0.05, 0) is 35.9 Å². The van der Waals surface area contributed by atoms with E-state index in [1.807, 2.05) is 0 Å². The first-order chi connectivity index (χ1) is 18.3. The van der Waals surface area contributed by atoms with Gasteiger partial charge in [-0.3, -0.25) is 15.1 Å². The molecule has 0 saturated carbocycles. The predicted octanol–water partition coefficient (Wildman–Crippen LogP) is 3.95. The van der Waals surface area contributed by atoms with Crippen molar-refractivity contribution in [1.29, 1.82) is 0 Å². The summed E-state index contributed by atoms with van der Waals surface area (Å²) in [7, 11) is -3.47. The number of hydrogen-bond acceptors (Lipinski definition) is 7. The minimum atomic E-state index is -3.47. The van der Waals surface area contributed by atoms with Gasteiger partial charge in [0.2, 0.25) is 10.0 Å². The van der Waals surface area contributed by atoms with E-state index in [0.717, 1.165) is 6.26 Å². The Balaban J connectivity index is 1.46. The topological polar surface area (TPSA) is 142 Å². The molecule has 1 aromatic carbocycles. The second-order valence-electron chi connectivity index (χ2n) is 8.61. The van der Waals surface area contributed by atoms with Crippen LogP contribution in [-0.2, 0) is 16.6 Å². The van der Waals surface area contributed by atoms with Crippen LogP contribution in [0.15, 0.2) is 61.2 Å². The highest BCUT2D eigenvalue weighted by Crippen LogP contribution is 2.34. The molecule has 190 valence electrons. The minimum absolute atomic E-state index is 0.0871. The Morgan fingerprint density at radius 3 is 2.66 bits per heavy atom. The van der Waals surface area contributed by atoms with E-state index in [2.05, 4.69) is 39.8 Å². The largest absolute Gasteiger partial charge is 0.336 e. The molecule has 0 amide bonds. The lowest BCUT2D eigenvalue weighted by atomic mass is 10.1. The van der Waals surface area contributed by atoms with Crippen LogP contribution >= 0.6 is 0 Å². The highest BCUT2D eigenvalue weighted by molar-refractivity contribution is 7.88. The summed E-state index contributed by atoms with van der Waals surface area (Å²) >= 11 is 0. The van der Waals surface area contributed by atoms with E-state index in [9.17, 15) is 12.8 Å². The average molecular weight is 533 g/mol. The molecule has 10 nitrogen and oxygen atoms in total. The maximum atomic E-state index is 15.7. The number of imidazole rings is 1. The van der Waals surface area contributed by atoms with E-state index in [-0.39, 0.29) is 34.7 Å². The normalized spacial score (nSPS) is 12.0. The predicted molar refractivity (Wildman–Crippen MR) is 137 cm³/mol. The molecule has 0 spiro atoms. The van der Waals surface area contributed by atoms with Gasteiger partial charge < -0.3 is 4.98 Å². The molecule has 0 aliphatic rings. The van der Waals surface area contributed by atoms with Crippen molar-refractivity contribution in [3.05, 3.63) is 78.4 Å². The van der Waals surface area contributed by atoms with E-state index in [0.29, 0.717) is 33.4 Å². The molecule has 0 bridgehead atoms. The van der Waals surface area contributed by atoms with E-state index in [4.69, 9.17) is 0 Å². The van der Waals surface area contributed by atoms with Gasteiger partial charge in [0.15, 0.2) is 11.5 Å². The molecule has 5 heterocycles. The second kappa shape index (κ2) is 9.04. The molecule has 0 unspecified atom stereocenters. The molecule has 0 aliphatic heterocycles. The first-order valence-corrected chi connectivity index (χ1v) is 13.2. The summed E-state index contributed by atoms with van der Waals surface area (Å²) in [6, 6.07) is 9.28. The second-order valence-corrected chi connectivity index (χ2v) is 10.4. The molecule has 0 saturated heterocycles. The van der Waals surface area contributed by atoms with Gasteiger partial charge >= 0.3 is 0 Å². The number of fused-ring (bicyclic) bond motifs is 2. The highest BCUT2D eigenvalue weighted by Gasteiger charge is 2.21. The van der Waals surface area contributed by atoms with Crippen LogP contribution < -0.4 is 4.72 Å². The number of pyridine rings is 3. The Kier molecular flexibility index (Phi) is 5.65. The number of aromatic nitrogens is 7. The number of halogens is 2. The van der Waals surface area contributed by atoms with Crippen molar-refractivity contribution in [2.24, 2.45) is 0 Å². The number of benzene rings is 1. The van der Waals surface area contributed by atoms with Gasteiger partial charge in [-0.15, -0.1) is 0 Å². The number of hydrogen-bond donors (Lipinski definition) is 3. The lowest BCUT2D eigenvalue weighted by molar-refractivity contribution is 0.586. The summed E-state index contributed by atoms with van der Waals surface area (Å²) in [6.07, 6.45) is 7.11. The lowest BCUT2D eigenvalue weighted by Crippen LogP contribution is -2.21. The maximum Gasteiger partial charge on any atom is 0.209 e. The van der Waals surface area contributed by atoms with Gasteiger partial charge in [0, 0.05) is 48.0 Å². The molecule has 38 heavy (non-hydrogen) atoms. The smallest absolute Gasteiger partial charge is 0.209 e. The minimum Gasteiger partial charge on any atom is -0.336 e. The number of sulfonamides is 1. The van der Waals surface area contributed by atoms with E-state index >= 15 is 4.39 Å². The number of H-pyrrole nitrogens is 2. The van der Waals surface area contributed by atoms with Gasteiger partial charge in [0.05, 0.1) is 22.9 Å². The molecule has 3 N–H and O–H groups in total. The number of nitrogens with zero attached hydrogens (tertiary/aromatic N) is 5. The Morgan fingerprint density at radius 1 is 1.00 bits per heavy atom. The van der Waals surface area contributed by atoms with Crippen LogP contribution in [0.25, 0.3) is 56.0 Å². The standard InChI is InChI=1S/C25H18F2N8O2S/c1-38(36,37)31-10-13-7-15(9-16(26)8-13)21-22-18(4-6-29-21)32-25(33-22)23-19-20(27)17(12-30-24(19)35-34-23)14-3-2-5-28-11-14/h2-9,11-12,31H,10H2,1H3,(H,32,33)(H,30,34,35). The molecule has 6 rings (SSSR count). The van der Waals surface area contributed by atoms with Crippen molar-refractivity contribution >= 4 is 32.1 Å². The number of nitrogens with one attached hydrogen (secondary N) is 3. The SMILES string of the molecule is CS(=O)(=O)NCc1cc(F)cc(-c2nccc3[nH]c(-c4n[nH]c5ncc(-c6cccnc6)c(F)c45)nc23)c1. The van der Waals surface area contributed by atoms with Gasteiger partial charge in [0.25, 0.3) is 0 Å². The highest BCUT2D eigenvalue weighted by atomic mass is 32.2. The summed E-state index contributed by atoms with van der Waals surface area (Å²) in [6.45, 7) is -0.0871. The molecular formula is C25H18F2N8O2S. The fourth-order valence-corrected chi connectivity index (χ4v) is 4.64. The van der Waals surface area contributed by atoms with Crippen molar-refractivity contribution in [2.45, 2.75) is 6.54 Å². The Labute approximate surface area is 214 Å². The molecule has 0 atom stereocenters. The quantitative estimate of drug-likeness (QED) is 0.295. The Morgan fingerprint density at radius 2 is 1.87 bits per heavy atom. The summed E-state index contributed by atoms with van der Waals surface area (Å²) in [4.78, 5) is 20.5. The summed E-state index contributed by atoms with van der Waals surface area (Å²) in [5, 5.41) is 7.14. The fourth-order valence-electron chi connectivity index (χ4n) is 4.21. The van der Waals surface area contributed by atoms with Crippen molar-refractivity contribution in [2.75, 3.05) is 6.26 Å². The van der Waals surface area contributed by atoms with E-state index < -0.39 is 21.7 Å². The van der Waals surface area contributed by atoms with Crippen LogP contribution in [0, 0.1) is 11.6 Å². The molecule has 0 fully saturated rings. The van der Waals surface area contributed by atoms with Gasteiger partial charge in [-0.2, -0.15) is 5.10 Å². The third-order valence-corrected chi connectivity index (χ3v) is 6.56. The summed E-state index contributed by atoms with van der Waals surface area (Å²) in [5.41, 5.74) is 3.44. The van der Waals surface area contributed by atoms with Crippen molar-refractivity contribution in [1.82, 2.24) is 39.8 Å². The first-order valence-electron chi connectivity index (χ1n) is 11.3. The third kappa shape index (κ3) is 4.37.